The van der Waals surface area contributed by atoms with E-state index in [1.54, 1.807) is 0 Å². The number of benzene rings is 1. The molecule has 2 N–H and O–H groups in total. The van der Waals surface area contributed by atoms with Crippen LogP contribution in [-0.4, -0.2) is 41.0 Å². The molecule has 1 spiro atoms. The first-order chi connectivity index (χ1) is 19.3. The molecule has 8 nitrogen and oxygen atoms in total. The molecule has 1 unspecified atom stereocenters. The van der Waals surface area contributed by atoms with Crippen molar-refractivity contribution >= 4 is 34.0 Å². The maximum atomic E-state index is 13.2. The standard InChI is InChI=1S/C31H37N7OS/c1-30(2,3)40(39)37-27-22-9-5-4-8-21(22)18-31(27)14-12-20(13-15-31)24-19-33-26-28(34-24)35-36-29(26)38-17-7-10-23-25(38)11-6-16-32-23/h4-6,8-9,11,16,19-20,27,37H,7,10,12-15,17-18H2,1-3H3,(H,34,35,36)/t20?,27?,31?,40-/m1/s1. The SMILES string of the molecule is CC(C)(C)[S@@+]([O-])NC1c2ccccc2CC12CCC(c1cnc3c(N4CCCc5ncccc54)n[nH]c3n1)CC2. The molecule has 1 saturated carbocycles. The zero-order chi connectivity index (χ0) is 27.5. The number of aromatic amines is 1. The molecule has 208 valence electrons. The van der Waals surface area contributed by atoms with Crippen LogP contribution >= 0.6 is 0 Å². The number of H-pyrrole nitrogens is 1. The highest BCUT2D eigenvalue weighted by Gasteiger charge is 2.50. The highest BCUT2D eigenvalue weighted by Crippen LogP contribution is 2.56. The number of aromatic nitrogens is 5. The van der Waals surface area contributed by atoms with Gasteiger partial charge in [-0.05, 0) is 94.4 Å². The molecule has 4 aromatic rings. The summed E-state index contributed by atoms with van der Waals surface area (Å²) in [6.45, 7) is 7.01. The van der Waals surface area contributed by atoms with Gasteiger partial charge in [0.1, 0.15) is 4.75 Å². The van der Waals surface area contributed by atoms with E-state index in [9.17, 15) is 4.55 Å². The molecule has 40 heavy (non-hydrogen) atoms. The third-order valence-electron chi connectivity index (χ3n) is 9.18. The monoisotopic (exact) mass is 555 g/mol. The van der Waals surface area contributed by atoms with E-state index in [0.29, 0.717) is 5.92 Å². The van der Waals surface area contributed by atoms with Crippen LogP contribution in [0.1, 0.15) is 87.3 Å². The Morgan fingerprint density at radius 1 is 1.10 bits per heavy atom. The van der Waals surface area contributed by atoms with Crippen molar-refractivity contribution in [3.63, 3.8) is 0 Å². The van der Waals surface area contributed by atoms with Crippen LogP contribution in [-0.2, 0) is 24.2 Å². The Balaban J connectivity index is 1.12. The van der Waals surface area contributed by atoms with Crippen LogP contribution in [0.25, 0.3) is 11.2 Å². The van der Waals surface area contributed by atoms with Gasteiger partial charge in [-0.1, -0.05) is 24.3 Å². The van der Waals surface area contributed by atoms with E-state index < -0.39 is 11.4 Å². The molecule has 9 heteroatoms. The van der Waals surface area contributed by atoms with E-state index in [0.717, 1.165) is 85.5 Å². The lowest BCUT2D eigenvalue weighted by Gasteiger charge is -2.42. The predicted octanol–water partition coefficient (Wildman–Crippen LogP) is 5.83. The smallest absolute Gasteiger partial charge is 0.183 e. The molecule has 1 aliphatic heterocycles. The normalized spacial score (nSPS) is 25.2. The molecule has 4 heterocycles. The second-order valence-electron chi connectivity index (χ2n) is 12.7. The van der Waals surface area contributed by atoms with Gasteiger partial charge in [0, 0.05) is 36.2 Å². The molecule has 2 atom stereocenters. The lowest BCUT2D eigenvalue weighted by Crippen LogP contribution is -2.46. The molecular formula is C31H37N7OS. The first-order valence-corrected chi connectivity index (χ1v) is 15.7. The molecule has 7 rings (SSSR count). The Bertz CT molecular complexity index is 1540. The summed E-state index contributed by atoms with van der Waals surface area (Å²) in [5, 5.41) is 7.82. The minimum atomic E-state index is -1.13. The van der Waals surface area contributed by atoms with Gasteiger partial charge in [0.2, 0.25) is 0 Å². The van der Waals surface area contributed by atoms with Gasteiger partial charge in [-0.2, -0.15) is 5.10 Å². The first kappa shape index (κ1) is 25.9. The minimum Gasteiger partial charge on any atom is -0.598 e. The molecule has 0 amide bonds. The van der Waals surface area contributed by atoms with Crippen molar-refractivity contribution in [1.82, 2.24) is 29.9 Å². The van der Waals surface area contributed by atoms with Crippen molar-refractivity contribution in [2.45, 2.75) is 82.4 Å². The van der Waals surface area contributed by atoms with Crippen LogP contribution in [0, 0.1) is 5.41 Å². The minimum absolute atomic E-state index is 0.0788. The van der Waals surface area contributed by atoms with Gasteiger partial charge in [-0.15, -0.1) is 4.72 Å². The number of fused-ring (bicyclic) bond motifs is 3. The van der Waals surface area contributed by atoms with E-state index in [2.05, 4.69) is 55.1 Å². The van der Waals surface area contributed by atoms with E-state index in [-0.39, 0.29) is 16.2 Å². The summed E-state index contributed by atoms with van der Waals surface area (Å²) < 4.78 is 16.5. The van der Waals surface area contributed by atoms with Crippen molar-refractivity contribution < 1.29 is 4.55 Å². The molecule has 1 aromatic carbocycles. The summed E-state index contributed by atoms with van der Waals surface area (Å²) >= 11 is -1.13. The number of rotatable bonds is 4. The molecule has 0 radical (unpaired) electrons. The van der Waals surface area contributed by atoms with E-state index in [4.69, 9.17) is 9.97 Å². The third-order valence-corrected chi connectivity index (χ3v) is 10.7. The number of nitrogens with one attached hydrogen (secondary N) is 2. The third kappa shape index (κ3) is 4.39. The van der Waals surface area contributed by atoms with E-state index in [1.807, 2.05) is 39.2 Å². The van der Waals surface area contributed by atoms with Gasteiger partial charge in [0.05, 0.1) is 23.1 Å². The maximum Gasteiger partial charge on any atom is 0.183 e. The number of hydrogen-bond donors (Lipinski definition) is 2. The van der Waals surface area contributed by atoms with Crippen molar-refractivity contribution in [2.24, 2.45) is 5.41 Å². The number of pyridine rings is 1. The van der Waals surface area contributed by atoms with E-state index >= 15 is 0 Å². The van der Waals surface area contributed by atoms with E-state index in [1.165, 1.54) is 11.1 Å². The predicted molar refractivity (Wildman–Crippen MR) is 159 cm³/mol. The second-order valence-corrected chi connectivity index (χ2v) is 14.7. The van der Waals surface area contributed by atoms with Crippen molar-refractivity contribution in [3.8, 4) is 0 Å². The van der Waals surface area contributed by atoms with Crippen molar-refractivity contribution in [3.05, 3.63) is 71.3 Å². The van der Waals surface area contributed by atoms with Crippen LogP contribution in [0.15, 0.2) is 48.8 Å². The van der Waals surface area contributed by atoms with Crippen LogP contribution in [0.3, 0.4) is 0 Å². The van der Waals surface area contributed by atoms with Crippen LogP contribution < -0.4 is 9.62 Å². The second kappa shape index (κ2) is 9.82. The number of anilines is 2. The van der Waals surface area contributed by atoms with Crippen LogP contribution in [0.5, 0.6) is 0 Å². The highest BCUT2D eigenvalue weighted by molar-refractivity contribution is 7.90. The average Bonchev–Trinajstić information content (AvgIpc) is 3.51. The summed E-state index contributed by atoms with van der Waals surface area (Å²) in [4.78, 5) is 16.7. The molecule has 3 aromatic heterocycles. The fraction of sp³-hybridized carbons (Fsp3) is 0.484. The molecule has 1 fully saturated rings. The van der Waals surface area contributed by atoms with Crippen molar-refractivity contribution in [1.29, 1.82) is 0 Å². The average molecular weight is 556 g/mol. The highest BCUT2D eigenvalue weighted by atomic mass is 32.2. The fourth-order valence-corrected chi connectivity index (χ4v) is 7.96. The molecule has 0 bridgehead atoms. The molecule has 2 aliphatic carbocycles. The Morgan fingerprint density at radius 2 is 1.93 bits per heavy atom. The van der Waals surface area contributed by atoms with Gasteiger partial charge in [-0.3, -0.25) is 10.1 Å². The van der Waals surface area contributed by atoms with Gasteiger partial charge in [0.25, 0.3) is 0 Å². The Labute approximate surface area is 238 Å². The summed E-state index contributed by atoms with van der Waals surface area (Å²) in [6.07, 6.45) is 11.1. The fourth-order valence-electron chi connectivity index (χ4n) is 7.02. The summed E-state index contributed by atoms with van der Waals surface area (Å²) in [7, 11) is 0. The zero-order valence-corrected chi connectivity index (χ0v) is 24.3. The molecular weight excluding hydrogens is 518 g/mol. The lowest BCUT2D eigenvalue weighted by molar-refractivity contribution is 0.139. The van der Waals surface area contributed by atoms with Crippen LogP contribution in [0.2, 0.25) is 0 Å². The summed E-state index contributed by atoms with van der Waals surface area (Å²) in [6, 6.07) is 12.9. The van der Waals surface area contributed by atoms with Gasteiger partial charge >= 0.3 is 0 Å². The summed E-state index contributed by atoms with van der Waals surface area (Å²) in [5.41, 5.74) is 7.61. The Morgan fingerprint density at radius 3 is 2.75 bits per heavy atom. The quantitative estimate of drug-likeness (QED) is 0.305. The van der Waals surface area contributed by atoms with Gasteiger partial charge < -0.3 is 9.45 Å². The Kier molecular flexibility index (Phi) is 6.36. The van der Waals surface area contributed by atoms with Crippen molar-refractivity contribution in [2.75, 3.05) is 11.4 Å². The van der Waals surface area contributed by atoms with Crippen LogP contribution in [0.4, 0.5) is 11.5 Å². The number of hydrogen-bond acceptors (Lipinski definition) is 7. The largest absolute Gasteiger partial charge is 0.598 e. The topological polar surface area (TPSA) is 106 Å². The van der Waals surface area contributed by atoms with Gasteiger partial charge in [0.15, 0.2) is 17.0 Å². The first-order valence-electron chi connectivity index (χ1n) is 14.5. The summed E-state index contributed by atoms with van der Waals surface area (Å²) in [5.74, 6) is 1.18. The molecule has 0 saturated heterocycles. The Hall–Kier alpha value is -3.01. The van der Waals surface area contributed by atoms with Gasteiger partial charge in [-0.25, -0.2) is 9.97 Å². The molecule has 3 aliphatic rings. The lowest BCUT2D eigenvalue weighted by atomic mass is 9.66. The zero-order valence-electron chi connectivity index (χ0n) is 23.5. The maximum absolute atomic E-state index is 13.2. The number of nitrogens with zero attached hydrogens (tertiary/aromatic N) is 5. The number of aryl methyl sites for hydroxylation is 1.